The third kappa shape index (κ3) is 5.42. The second-order valence-corrected chi connectivity index (χ2v) is 10.8. The van der Waals surface area contributed by atoms with Crippen molar-refractivity contribution in [2.75, 3.05) is 12.5 Å². The molecule has 1 unspecified atom stereocenters. The van der Waals surface area contributed by atoms with Gasteiger partial charge in [-0.1, -0.05) is 17.7 Å². The minimum atomic E-state index is -3.41. The van der Waals surface area contributed by atoms with Crippen LogP contribution in [0.3, 0.4) is 0 Å². The van der Waals surface area contributed by atoms with E-state index in [-0.39, 0.29) is 17.4 Å². The van der Waals surface area contributed by atoms with Crippen LogP contribution in [0.1, 0.15) is 36.4 Å². The molecule has 3 heterocycles. The van der Waals surface area contributed by atoms with Gasteiger partial charge in [-0.05, 0) is 55.9 Å². The Bertz CT molecular complexity index is 1220. The van der Waals surface area contributed by atoms with Gasteiger partial charge in [-0.3, -0.25) is 4.79 Å². The van der Waals surface area contributed by atoms with Gasteiger partial charge in [0.2, 0.25) is 0 Å². The van der Waals surface area contributed by atoms with Crippen LogP contribution in [0.15, 0.2) is 46.5 Å². The molecule has 1 N–H and O–H groups in total. The fourth-order valence-corrected chi connectivity index (χ4v) is 5.33. The second-order valence-electron chi connectivity index (χ2n) is 7.59. The molecule has 2 aromatic heterocycles. The van der Waals surface area contributed by atoms with Crippen molar-refractivity contribution in [3.8, 4) is 0 Å². The van der Waals surface area contributed by atoms with Crippen LogP contribution >= 0.6 is 23.4 Å². The van der Waals surface area contributed by atoms with Gasteiger partial charge in [0, 0.05) is 45.9 Å². The Balaban J connectivity index is 0.000000229. The summed E-state index contributed by atoms with van der Waals surface area (Å²) in [5, 5.41) is 10.5. The van der Waals surface area contributed by atoms with Crippen LogP contribution in [0.2, 0.25) is 5.02 Å². The van der Waals surface area contributed by atoms with Gasteiger partial charge in [0.1, 0.15) is 0 Å². The summed E-state index contributed by atoms with van der Waals surface area (Å²) < 4.78 is 25.7. The molecule has 31 heavy (non-hydrogen) atoms. The number of pyridine rings is 1. The van der Waals surface area contributed by atoms with Gasteiger partial charge < -0.3 is 9.67 Å². The zero-order chi connectivity index (χ0) is 22.8. The summed E-state index contributed by atoms with van der Waals surface area (Å²) in [7, 11) is -3.41. The topological polar surface area (TPSA) is 89.3 Å². The highest BCUT2D eigenvalue weighted by Gasteiger charge is 2.26. The maximum Gasteiger partial charge on any atom is 0.304 e. The summed E-state index contributed by atoms with van der Waals surface area (Å²) in [5.41, 5.74) is 2.85. The predicted octanol–water partition coefficient (Wildman–Crippen LogP) is 5.16. The number of carboxylic acids is 1. The number of carboxylic acid groups (broad SMARTS) is 1. The molecule has 1 aromatic carbocycles. The third-order valence-electron chi connectivity index (χ3n) is 5.33. The Hall–Kier alpha value is -2.03. The molecule has 0 amide bonds. The number of halogens is 1. The van der Waals surface area contributed by atoms with Crippen molar-refractivity contribution in [1.29, 1.82) is 0 Å². The number of aromatic nitrogens is 2. The van der Waals surface area contributed by atoms with Crippen molar-refractivity contribution in [3.05, 3.63) is 52.8 Å². The minimum absolute atomic E-state index is 0.0657. The van der Waals surface area contributed by atoms with E-state index in [9.17, 15) is 13.2 Å². The number of carbonyl (C=O) groups is 1. The van der Waals surface area contributed by atoms with Crippen LogP contribution in [-0.2, 0) is 21.2 Å². The zero-order valence-corrected chi connectivity index (χ0v) is 20.0. The minimum Gasteiger partial charge on any atom is -0.481 e. The van der Waals surface area contributed by atoms with Gasteiger partial charge in [-0.2, -0.15) is 0 Å². The van der Waals surface area contributed by atoms with Crippen molar-refractivity contribution in [2.45, 2.75) is 48.6 Å². The number of benzene rings is 1. The lowest BCUT2D eigenvalue weighted by molar-refractivity contribution is -0.137. The molecule has 1 atom stereocenters. The van der Waals surface area contributed by atoms with E-state index in [1.807, 2.05) is 29.9 Å². The lowest BCUT2D eigenvalue weighted by Crippen LogP contribution is -2.17. The molecule has 0 saturated heterocycles. The molecule has 9 heteroatoms. The molecule has 0 radical (unpaired) electrons. The molecule has 0 aliphatic carbocycles. The summed E-state index contributed by atoms with van der Waals surface area (Å²) in [6.07, 6.45) is 6.45. The van der Waals surface area contributed by atoms with E-state index < -0.39 is 15.8 Å². The van der Waals surface area contributed by atoms with E-state index in [2.05, 4.69) is 11.1 Å². The molecule has 1 aliphatic heterocycles. The number of hydrogen-bond donors (Lipinski definition) is 1. The van der Waals surface area contributed by atoms with Crippen LogP contribution in [-0.4, -0.2) is 41.6 Å². The smallest absolute Gasteiger partial charge is 0.304 e. The standard InChI is InChI=1S/C14H16N2O4S.C8H9ClS/c1-21(19,20)14-10-8-12-9(7-13(17)18)3-2-6-16(12)11(10)4-5-15-14;1-6-3-4-7(10-2)5-8(6)9/h4-5,8-9H,2-3,6-7H2,1H3,(H,17,18);3-5H,1-2H3. The quantitative estimate of drug-likeness (QED) is 0.518. The Morgan fingerprint density at radius 1 is 1.32 bits per heavy atom. The average Bonchev–Trinajstić information content (AvgIpc) is 3.09. The molecule has 166 valence electrons. The van der Waals surface area contributed by atoms with Gasteiger partial charge >= 0.3 is 5.97 Å². The monoisotopic (exact) mass is 480 g/mol. The van der Waals surface area contributed by atoms with E-state index in [1.54, 1.807) is 23.9 Å². The lowest BCUT2D eigenvalue weighted by Gasteiger charge is -2.24. The number of fused-ring (bicyclic) bond motifs is 3. The normalized spacial score (nSPS) is 15.8. The van der Waals surface area contributed by atoms with E-state index in [0.29, 0.717) is 5.39 Å². The van der Waals surface area contributed by atoms with Crippen LogP contribution in [0.4, 0.5) is 0 Å². The first-order valence-electron chi connectivity index (χ1n) is 9.82. The largest absolute Gasteiger partial charge is 0.481 e. The fraction of sp³-hybridized carbons (Fsp3) is 0.364. The second kappa shape index (κ2) is 9.63. The fourth-order valence-electron chi connectivity index (χ4n) is 3.83. The predicted molar refractivity (Wildman–Crippen MR) is 125 cm³/mol. The lowest BCUT2D eigenvalue weighted by atomic mass is 9.93. The first kappa shape index (κ1) is 23.6. The molecule has 0 spiro atoms. The van der Waals surface area contributed by atoms with E-state index >= 15 is 0 Å². The number of thioether (sulfide) groups is 1. The third-order valence-corrected chi connectivity index (χ3v) is 7.49. The molecule has 6 nitrogen and oxygen atoms in total. The van der Waals surface area contributed by atoms with Crippen LogP contribution in [0.25, 0.3) is 10.9 Å². The number of rotatable bonds is 4. The Labute approximate surface area is 191 Å². The van der Waals surface area contributed by atoms with Gasteiger partial charge in [0.25, 0.3) is 0 Å². The number of sulfone groups is 1. The van der Waals surface area contributed by atoms with Gasteiger partial charge in [-0.15, -0.1) is 11.8 Å². The molecule has 0 saturated carbocycles. The Morgan fingerprint density at radius 2 is 2.06 bits per heavy atom. The molecule has 4 rings (SSSR count). The summed E-state index contributed by atoms with van der Waals surface area (Å²) in [6.45, 7) is 2.79. The summed E-state index contributed by atoms with van der Waals surface area (Å²) in [6, 6.07) is 9.68. The number of nitrogens with zero attached hydrogens (tertiary/aromatic N) is 2. The highest BCUT2D eigenvalue weighted by Crippen LogP contribution is 2.36. The van der Waals surface area contributed by atoms with Crippen molar-refractivity contribution in [2.24, 2.45) is 0 Å². The van der Waals surface area contributed by atoms with Crippen LogP contribution in [0.5, 0.6) is 0 Å². The summed E-state index contributed by atoms with van der Waals surface area (Å²) in [5.74, 6) is -0.906. The molecule has 3 aromatic rings. The first-order chi connectivity index (χ1) is 14.6. The van der Waals surface area contributed by atoms with Gasteiger partial charge in [0.05, 0.1) is 11.9 Å². The highest BCUT2D eigenvalue weighted by molar-refractivity contribution is 7.98. The van der Waals surface area contributed by atoms with Gasteiger partial charge in [0.15, 0.2) is 14.9 Å². The molecule has 1 aliphatic rings. The number of hydrogen-bond acceptors (Lipinski definition) is 5. The van der Waals surface area contributed by atoms with Crippen LogP contribution < -0.4 is 0 Å². The van der Waals surface area contributed by atoms with E-state index in [4.69, 9.17) is 16.7 Å². The Morgan fingerprint density at radius 3 is 2.68 bits per heavy atom. The summed E-state index contributed by atoms with van der Waals surface area (Å²) in [4.78, 5) is 16.2. The summed E-state index contributed by atoms with van der Waals surface area (Å²) >= 11 is 7.59. The van der Waals surface area contributed by atoms with Crippen molar-refractivity contribution >= 4 is 50.1 Å². The van der Waals surface area contributed by atoms with Crippen LogP contribution in [0, 0.1) is 6.92 Å². The average molecular weight is 481 g/mol. The van der Waals surface area contributed by atoms with Crippen molar-refractivity contribution in [3.63, 3.8) is 0 Å². The molecular weight excluding hydrogens is 456 g/mol. The van der Waals surface area contributed by atoms with Crippen molar-refractivity contribution < 1.29 is 18.3 Å². The highest BCUT2D eigenvalue weighted by atomic mass is 35.5. The maximum atomic E-state index is 11.9. The van der Waals surface area contributed by atoms with Gasteiger partial charge in [-0.25, -0.2) is 13.4 Å². The zero-order valence-electron chi connectivity index (χ0n) is 17.6. The maximum absolute atomic E-state index is 11.9. The number of aliphatic carboxylic acids is 1. The van der Waals surface area contributed by atoms with E-state index in [1.165, 1.54) is 11.1 Å². The molecular formula is C22H25ClN2O4S2. The molecule has 0 bridgehead atoms. The number of aryl methyl sites for hydroxylation is 2. The van der Waals surface area contributed by atoms with Crippen molar-refractivity contribution in [1.82, 2.24) is 9.55 Å². The first-order valence-corrected chi connectivity index (χ1v) is 13.3. The SMILES string of the molecule is CS(=O)(=O)c1nccc2c1cc1n2CCCC1CC(=O)O.CSc1ccc(C)c(Cl)c1. The molecule has 0 fully saturated rings. The van der Waals surface area contributed by atoms with E-state index in [0.717, 1.165) is 47.4 Å². The Kier molecular flexibility index (Phi) is 7.34.